The fourth-order valence-corrected chi connectivity index (χ4v) is 2.87. The van der Waals surface area contributed by atoms with Gasteiger partial charge in [0.2, 0.25) is 5.91 Å². The van der Waals surface area contributed by atoms with Gasteiger partial charge in [-0.3, -0.25) is 9.69 Å². The van der Waals surface area contributed by atoms with Crippen LogP contribution in [0.1, 0.15) is 11.1 Å². The Balaban J connectivity index is 1.85. The number of amides is 1. The minimum atomic E-state index is -0.219. The molecule has 156 valence electrons. The molecule has 2 rings (SSSR count). The lowest BCUT2D eigenvalue weighted by Crippen LogP contribution is -2.45. The maximum atomic E-state index is 13.2. The van der Waals surface area contributed by atoms with Gasteiger partial charge in [-0.05, 0) is 36.6 Å². The molecule has 1 aromatic rings. The number of aliphatic imine (C=N–C) groups is 1. The van der Waals surface area contributed by atoms with Gasteiger partial charge in [-0.1, -0.05) is 6.07 Å². The largest absolute Gasteiger partial charge is 0.379 e. The second-order valence-corrected chi connectivity index (χ2v) is 7.08. The molecule has 7 nitrogen and oxygen atoms in total. The number of carbonyl (C=O) groups excluding carboxylic acids is 1. The van der Waals surface area contributed by atoms with E-state index in [-0.39, 0.29) is 18.3 Å². The molecule has 1 heterocycles. The van der Waals surface area contributed by atoms with Crippen LogP contribution in [-0.2, 0) is 16.0 Å². The van der Waals surface area contributed by atoms with Crippen molar-refractivity contribution in [3.8, 4) is 0 Å². The van der Waals surface area contributed by atoms with Gasteiger partial charge in [0.25, 0.3) is 0 Å². The number of likely N-dealkylation sites (N-methyl/N-ethyl adjacent to an activating group) is 1. The smallest absolute Gasteiger partial charge is 0.243 e. The first-order valence-electron chi connectivity index (χ1n) is 9.73. The number of hydrogen-bond donors (Lipinski definition) is 2. The zero-order valence-electron chi connectivity index (χ0n) is 17.1. The third kappa shape index (κ3) is 7.82. The second-order valence-electron chi connectivity index (χ2n) is 7.08. The molecule has 1 aliphatic heterocycles. The number of nitrogens with one attached hydrogen (secondary N) is 2. The Hall–Kier alpha value is -2.19. The SMILES string of the molecule is Cc1cc(F)ccc1CCNC(=NCC(=O)N(C)C)NCCN1CCOCC1. The van der Waals surface area contributed by atoms with E-state index in [1.54, 1.807) is 20.2 Å². The predicted octanol–water partition coefficient (Wildman–Crippen LogP) is 0.632. The van der Waals surface area contributed by atoms with Crippen LogP contribution in [0.25, 0.3) is 0 Å². The van der Waals surface area contributed by atoms with Gasteiger partial charge in [0.15, 0.2) is 5.96 Å². The summed E-state index contributed by atoms with van der Waals surface area (Å²) in [6.07, 6.45) is 0.748. The lowest BCUT2D eigenvalue weighted by Gasteiger charge is -2.26. The molecule has 0 unspecified atom stereocenters. The molecule has 0 saturated carbocycles. The maximum absolute atomic E-state index is 13.2. The van der Waals surface area contributed by atoms with Crippen molar-refractivity contribution in [3.63, 3.8) is 0 Å². The van der Waals surface area contributed by atoms with Crippen molar-refractivity contribution in [2.24, 2.45) is 4.99 Å². The van der Waals surface area contributed by atoms with E-state index in [1.165, 1.54) is 11.0 Å². The van der Waals surface area contributed by atoms with Gasteiger partial charge in [0.05, 0.1) is 13.2 Å². The van der Waals surface area contributed by atoms with Crippen LogP contribution in [0.15, 0.2) is 23.2 Å². The van der Waals surface area contributed by atoms with Crippen molar-refractivity contribution < 1.29 is 13.9 Å². The highest BCUT2D eigenvalue weighted by Gasteiger charge is 2.10. The molecule has 1 saturated heterocycles. The van der Waals surface area contributed by atoms with Crippen molar-refractivity contribution in [2.45, 2.75) is 13.3 Å². The number of ether oxygens (including phenoxy) is 1. The number of morpholine rings is 1. The van der Waals surface area contributed by atoms with E-state index in [4.69, 9.17) is 4.74 Å². The Labute approximate surface area is 166 Å². The number of hydrogen-bond acceptors (Lipinski definition) is 4. The van der Waals surface area contributed by atoms with E-state index in [2.05, 4.69) is 20.5 Å². The third-order valence-electron chi connectivity index (χ3n) is 4.69. The van der Waals surface area contributed by atoms with Crippen molar-refractivity contribution in [3.05, 3.63) is 35.1 Å². The van der Waals surface area contributed by atoms with E-state index in [1.807, 2.05) is 13.0 Å². The number of carbonyl (C=O) groups is 1. The Morgan fingerprint density at radius 1 is 1.25 bits per heavy atom. The number of nitrogens with zero attached hydrogens (tertiary/aromatic N) is 3. The van der Waals surface area contributed by atoms with Gasteiger partial charge in [0, 0.05) is 46.8 Å². The molecule has 2 N–H and O–H groups in total. The summed E-state index contributed by atoms with van der Waals surface area (Å²) >= 11 is 0. The van der Waals surface area contributed by atoms with Crippen LogP contribution in [-0.4, -0.2) is 88.2 Å². The molecule has 0 bridgehead atoms. The van der Waals surface area contributed by atoms with Gasteiger partial charge < -0.3 is 20.3 Å². The fraction of sp³-hybridized carbons (Fsp3) is 0.600. The highest BCUT2D eigenvalue weighted by molar-refractivity contribution is 5.84. The molecule has 0 aromatic heterocycles. The van der Waals surface area contributed by atoms with Crippen molar-refractivity contribution >= 4 is 11.9 Å². The lowest BCUT2D eigenvalue weighted by molar-refractivity contribution is -0.127. The van der Waals surface area contributed by atoms with Gasteiger partial charge in [-0.15, -0.1) is 0 Å². The molecule has 0 radical (unpaired) electrons. The average molecular weight is 394 g/mol. The van der Waals surface area contributed by atoms with E-state index < -0.39 is 0 Å². The Kier molecular flexibility index (Phi) is 9.16. The summed E-state index contributed by atoms with van der Waals surface area (Å²) in [6.45, 7) is 7.68. The first-order chi connectivity index (χ1) is 13.5. The molecule has 8 heteroatoms. The molecule has 28 heavy (non-hydrogen) atoms. The minimum absolute atomic E-state index is 0.0522. The van der Waals surface area contributed by atoms with Crippen LogP contribution < -0.4 is 10.6 Å². The van der Waals surface area contributed by atoms with Gasteiger partial charge >= 0.3 is 0 Å². The van der Waals surface area contributed by atoms with Crippen molar-refractivity contribution in [1.82, 2.24) is 20.4 Å². The molecular weight excluding hydrogens is 361 g/mol. The van der Waals surface area contributed by atoms with E-state index in [0.29, 0.717) is 12.5 Å². The first-order valence-corrected chi connectivity index (χ1v) is 9.73. The summed E-state index contributed by atoms with van der Waals surface area (Å²) in [4.78, 5) is 20.1. The molecule has 1 fully saturated rings. The third-order valence-corrected chi connectivity index (χ3v) is 4.69. The van der Waals surface area contributed by atoms with Crippen molar-refractivity contribution in [1.29, 1.82) is 0 Å². The quantitative estimate of drug-likeness (QED) is 0.501. The summed E-state index contributed by atoms with van der Waals surface area (Å²) in [5.74, 6) is 0.343. The molecule has 0 spiro atoms. The highest BCUT2D eigenvalue weighted by Crippen LogP contribution is 2.10. The zero-order valence-corrected chi connectivity index (χ0v) is 17.1. The van der Waals surface area contributed by atoms with Gasteiger partial charge in [-0.2, -0.15) is 0 Å². The van der Waals surface area contributed by atoms with Crippen molar-refractivity contribution in [2.75, 3.05) is 66.6 Å². The van der Waals surface area contributed by atoms with Crippen LogP contribution in [0, 0.1) is 12.7 Å². The summed E-state index contributed by atoms with van der Waals surface area (Å²) in [5.41, 5.74) is 2.02. The normalized spacial score (nSPS) is 15.4. The number of guanidine groups is 1. The zero-order chi connectivity index (χ0) is 20.4. The average Bonchev–Trinajstić information content (AvgIpc) is 2.67. The summed E-state index contributed by atoms with van der Waals surface area (Å²) in [6, 6.07) is 4.83. The molecule has 0 aliphatic carbocycles. The first kappa shape index (κ1) is 22.1. The number of rotatable bonds is 8. The monoisotopic (exact) mass is 393 g/mol. The van der Waals surface area contributed by atoms with E-state index in [0.717, 1.165) is 56.9 Å². The molecular formula is C20H32FN5O2. The Bertz CT molecular complexity index is 660. The molecule has 0 atom stereocenters. The lowest BCUT2D eigenvalue weighted by atomic mass is 10.1. The second kappa shape index (κ2) is 11.6. The van der Waals surface area contributed by atoms with Crippen LogP contribution in [0.2, 0.25) is 0 Å². The van der Waals surface area contributed by atoms with Crippen LogP contribution >= 0.6 is 0 Å². The number of benzene rings is 1. The minimum Gasteiger partial charge on any atom is -0.379 e. The molecule has 1 amide bonds. The number of aryl methyl sites for hydroxylation is 1. The standard InChI is InChI=1S/C20H32FN5O2/c1-16-14-18(21)5-4-17(16)6-7-22-20(24-15-19(27)25(2)3)23-8-9-26-10-12-28-13-11-26/h4-5,14H,6-13,15H2,1-3H3,(H2,22,23,24). The summed E-state index contributed by atoms with van der Waals surface area (Å²) in [7, 11) is 3.43. The topological polar surface area (TPSA) is 69.2 Å². The van der Waals surface area contributed by atoms with E-state index >= 15 is 0 Å². The van der Waals surface area contributed by atoms with Gasteiger partial charge in [0.1, 0.15) is 12.4 Å². The predicted molar refractivity (Wildman–Crippen MR) is 109 cm³/mol. The van der Waals surface area contributed by atoms with Gasteiger partial charge in [-0.25, -0.2) is 9.38 Å². The Morgan fingerprint density at radius 2 is 1.96 bits per heavy atom. The maximum Gasteiger partial charge on any atom is 0.243 e. The van der Waals surface area contributed by atoms with Crippen LogP contribution in [0.3, 0.4) is 0 Å². The van der Waals surface area contributed by atoms with Crippen LogP contribution in [0.4, 0.5) is 4.39 Å². The molecule has 1 aliphatic rings. The fourth-order valence-electron chi connectivity index (χ4n) is 2.87. The van der Waals surface area contributed by atoms with E-state index in [9.17, 15) is 9.18 Å². The number of halogens is 1. The summed E-state index contributed by atoms with van der Waals surface area (Å²) < 4.78 is 18.6. The molecule has 1 aromatic carbocycles. The Morgan fingerprint density at radius 3 is 2.64 bits per heavy atom. The highest BCUT2D eigenvalue weighted by atomic mass is 19.1. The van der Waals surface area contributed by atoms with Crippen LogP contribution in [0.5, 0.6) is 0 Å². The summed E-state index contributed by atoms with van der Waals surface area (Å²) in [5, 5.41) is 6.57.